The molecule has 0 aliphatic heterocycles. The topological polar surface area (TPSA) is 54.4 Å². The van der Waals surface area contributed by atoms with Gasteiger partial charge < -0.3 is 0 Å². The van der Waals surface area contributed by atoms with Crippen molar-refractivity contribution in [2.45, 2.75) is 80.4 Å². The summed E-state index contributed by atoms with van der Waals surface area (Å²) < 4.78 is 32.4. The molecule has 0 heterocycles. The van der Waals surface area contributed by atoms with Gasteiger partial charge in [-0.3, -0.25) is 4.55 Å². The van der Waals surface area contributed by atoms with Crippen LogP contribution in [-0.2, 0) is 10.1 Å². The van der Waals surface area contributed by atoms with E-state index in [0.717, 1.165) is 11.3 Å². The molecule has 1 aromatic rings. The van der Waals surface area contributed by atoms with E-state index in [2.05, 4.69) is 6.07 Å². The maximum atomic E-state index is 11.5. The van der Waals surface area contributed by atoms with Crippen LogP contribution < -0.4 is 5.30 Å². The van der Waals surface area contributed by atoms with Gasteiger partial charge in [-0.15, -0.1) is 0 Å². The summed E-state index contributed by atoms with van der Waals surface area (Å²) in [6.45, 7) is 0. The van der Waals surface area contributed by atoms with Crippen molar-refractivity contribution in [1.29, 1.82) is 0 Å². The molecule has 2 aliphatic carbocycles. The van der Waals surface area contributed by atoms with Crippen LogP contribution >= 0.6 is 7.92 Å². The number of hydrogen-bond acceptors (Lipinski definition) is 2. The average Bonchev–Trinajstić information content (AvgIpc) is 2.57. The molecule has 2 fully saturated rings. The maximum absolute atomic E-state index is 11.5. The van der Waals surface area contributed by atoms with Gasteiger partial charge in [0, 0.05) is 0 Å². The summed E-state index contributed by atoms with van der Waals surface area (Å²) in [4.78, 5) is 0.0640. The fourth-order valence-corrected chi connectivity index (χ4v) is 8.69. The van der Waals surface area contributed by atoms with Crippen LogP contribution in [0.15, 0.2) is 29.2 Å². The molecule has 2 aliphatic rings. The Balaban J connectivity index is 0.00000208. The molecular formula is C18H28KO3PS. The third-order valence-electron chi connectivity index (χ3n) is 5.35. The molecule has 0 amide bonds. The van der Waals surface area contributed by atoms with Crippen molar-refractivity contribution in [3.05, 3.63) is 24.3 Å². The van der Waals surface area contributed by atoms with Crippen molar-refractivity contribution in [1.82, 2.24) is 0 Å². The van der Waals surface area contributed by atoms with Crippen LogP contribution in [0.2, 0.25) is 0 Å². The third-order valence-corrected chi connectivity index (χ3v) is 9.68. The first kappa shape index (κ1) is 21.5. The summed E-state index contributed by atoms with van der Waals surface area (Å²) >= 11 is 0. The Hall–Kier alpha value is 1.20. The molecule has 1 N–H and O–H groups in total. The first-order valence-electron chi connectivity index (χ1n) is 8.91. The molecule has 0 spiro atoms. The van der Waals surface area contributed by atoms with Crippen molar-refractivity contribution in [2.24, 2.45) is 0 Å². The van der Waals surface area contributed by atoms with Gasteiger partial charge in [0.25, 0.3) is 10.1 Å². The molecule has 1 aromatic carbocycles. The summed E-state index contributed by atoms with van der Waals surface area (Å²) in [5.74, 6) is 0. The molecule has 3 nitrogen and oxygen atoms in total. The predicted octanol–water partition coefficient (Wildman–Crippen LogP) is 4.06. The molecule has 3 rings (SSSR count). The Morgan fingerprint density at radius 1 is 0.875 bits per heavy atom. The quantitative estimate of drug-likeness (QED) is 0.476. The van der Waals surface area contributed by atoms with E-state index >= 15 is 0 Å². The van der Waals surface area contributed by atoms with Gasteiger partial charge in [-0.05, 0) is 54.4 Å². The zero-order valence-electron chi connectivity index (χ0n) is 13.7. The Morgan fingerprint density at radius 2 is 1.38 bits per heavy atom. The van der Waals surface area contributed by atoms with E-state index in [0.29, 0.717) is 0 Å². The SMILES string of the molecule is O=S(=O)(O)c1cccc(P(C2CCCCC2)C2CCCCC2)c1.[KH]. The zero-order chi connectivity index (χ0) is 16.3. The Kier molecular flexibility index (Phi) is 8.90. The van der Waals surface area contributed by atoms with E-state index in [-0.39, 0.29) is 64.2 Å². The second kappa shape index (κ2) is 9.94. The number of rotatable bonds is 4. The van der Waals surface area contributed by atoms with E-state index < -0.39 is 10.1 Å². The Labute approximate surface area is 190 Å². The van der Waals surface area contributed by atoms with Gasteiger partial charge in [-0.1, -0.05) is 58.6 Å². The van der Waals surface area contributed by atoms with Crippen LogP contribution in [0.5, 0.6) is 0 Å². The zero-order valence-corrected chi connectivity index (χ0v) is 15.4. The molecule has 0 atom stereocenters. The van der Waals surface area contributed by atoms with Gasteiger partial charge in [0.1, 0.15) is 0 Å². The molecule has 2 saturated carbocycles. The van der Waals surface area contributed by atoms with Gasteiger partial charge >= 0.3 is 51.4 Å². The molecule has 0 aromatic heterocycles. The van der Waals surface area contributed by atoms with E-state index in [4.69, 9.17) is 0 Å². The van der Waals surface area contributed by atoms with E-state index in [1.165, 1.54) is 75.6 Å². The summed E-state index contributed by atoms with van der Waals surface area (Å²) in [5.41, 5.74) is 1.47. The van der Waals surface area contributed by atoms with Crippen molar-refractivity contribution in [3.8, 4) is 0 Å². The van der Waals surface area contributed by atoms with Gasteiger partial charge in [-0.2, -0.15) is 8.42 Å². The summed E-state index contributed by atoms with van der Waals surface area (Å²) in [6.07, 6.45) is 13.1. The van der Waals surface area contributed by atoms with Crippen LogP contribution in [0, 0.1) is 0 Å². The van der Waals surface area contributed by atoms with Crippen LogP contribution in [0.25, 0.3) is 0 Å². The molecular weight excluding hydrogens is 366 g/mol. The standard InChI is InChI=1S/C18H27O3PS.K.H/c19-23(20,21)18-13-7-12-17(14-18)22(15-8-3-1-4-9-15)16-10-5-2-6-11-16;;/h7,12-16H,1-6,8-11H2,(H,19,20,21);;. The van der Waals surface area contributed by atoms with Gasteiger partial charge in [-0.25, -0.2) is 0 Å². The predicted molar refractivity (Wildman–Crippen MR) is 104 cm³/mol. The monoisotopic (exact) mass is 394 g/mol. The average molecular weight is 395 g/mol. The summed E-state index contributed by atoms with van der Waals surface area (Å²) in [7, 11) is -4.44. The fourth-order valence-electron chi connectivity index (χ4n) is 4.24. The van der Waals surface area contributed by atoms with Crippen molar-refractivity contribution in [3.63, 3.8) is 0 Å². The van der Waals surface area contributed by atoms with Gasteiger partial charge in [0.2, 0.25) is 0 Å². The first-order valence-corrected chi connectivity index (χ1v) is 11.8. The minimum absolute atomic E-state index is 0. The van der Waals surface area contributed by atoms with E-state index in [9.17, 15) is 13.0 Å². The second-order valence-electron chi connectivity index (χ2n) is 6.96. The molecule has 0 bridgehead atoms. The third kappa shape index (κ3) is 5.59. The molecule has 0 unspecified atom stereocenters. The van der Waals surface area contributed by atoms with Crippen LogP contribution in [-0.4, -0.2) is 75.7 Å². The summed E-state index contributed by atoms with van der Waals surface area (Å²) in [6, 6.07) is 7.17. The number of benzene rings is 1. The Bertz CT molecular complexity index is 605. The fraction of sp³-hybridized carbons (Fsp3) is 0.667. The van der Waals surface area contributed by atoms with Gasteiger partial charge in [0.05, 0.1) is 4.90 Å². The van der Waals surface area contributed by atoms with Crippen molar-refractivity contribution in [2.75, 3.05) is 0 Å². The number of hydrogen-bond donors (Lipinski definition) is 1. The molecule has 6 heteroatoms. The molecule has 0 saturated heterocycles. The Morgan fingerprint density at radius 3 is 1.83 bits per heavy atom. The summed E-state index contributed by atoms with van der Waals surface area (Å²) in [5, 5.41) is 1.19. The molecule has 24 heavy (non-hydrogen) atoms. The van der Waals surface area contributed by atoms with E-state index in [1.807, 2.05) is 0 Å². The van der Waals surface area contributed by atoms with Crippen molar-refractivity contribution < 1.29 is 13.0 Å². The first-order chi connectivity index (χ1) is 11.1. The molecule has 0 radical (unpaired) electrons. The van der Waals surface area contributed by atoms with E-state index in [1.54, 1.807) is 12.1 Å². The minimum atomic E-state index is -4.11. The second-order valence-corrected chi connectivity index (χ2v) is 11.2. The normalized spacial score (nSPS) is 20.8. The van der Waals surface area contributed by atoms with Crippen LogP contribution in [0.1, 0.15) is 64.2 Å². The van der Waals surface area contributed by atoms with Crippen molar-refractivity contribution >= 4 is 74.7 Å². The molecule has 130 valence electrons. The van der Waals surface area contributed by atoms with Gasteiger partial charge in [0.15, 0.2) is 0 Å². The van der Waals surface area contributed by atoms with Crippen LogP contribution in [0.3, 0.4) is 0 Å². The van der Waals surface area contributed by atoms with Crippen LogP contribution in [0.4, 0.5) is 0 Å².